The van der Waals surface area contributed by atoms with Crippen molar-refractivity contribution in [3.05, 3.63) is 66.7 Å². The number of ketones is 2. The van der Waals surface area contributed by atoms with Gasteiger partial charge in [-0.2, -0.15) is 0 Å². The van der Waals surface area contributed by atoms with Gasteiger partial charge < -0.3 is 10.2 Å². The third-order valence-electron chi connectivity index (χ3n) is 3.63. The number of carbonyl (C=O) groups is 2. The molecule has 0 aromatic heterocycles. The summed E-state index contributed by atoms with van der Waals surface area (Å²) in [6.45, 7) is 0. The second-order valence-electron chi connectivity index (χ2n) is 4.86. The average Bonchev–Trinajstić information content (AvgIpc) is 2.53. The first-order valence-electron chi connectivity index (χ1n) is 6.36. The van der Waals surface area contributed by atoms with E-state index in [1.807, 2.05) is 0 Å². The van der Waals surface area contributed by atoms with Gasteiger partial charge in [0.25, 0.3) is 0 Å². The molecule has 3 rings (SSSR count). The highest BCUT2D eigenvalue weighted by Crippen LogP contribution is 2.50. The minimum absolute atomic E-state index is 0.132. The van der Waals surface area contributed by atoms with Crippen molar-refractivity contribution in [1.29, 1.82) is 0 Å². The summed E-state index contributed by atoms with van der Waals surface area (Å²) in [4.78, 5) is 44.8. The molecule has 0 bridgehead atoms. The van der Waals surface area contributed by atoms with Crippen LogP contribution in [0, 0.1) is 20.2 Å². The molecule has 0 unspecified atom stereocenters. The van der Waals surface area contributed by atoms with Gasteiger partial charge in [0, 0.05) is 11.1 Å². The second kappa shape index (κ2) is 4.84. The van der Waals surface area contributed by atoms with Crippen LogP contribution in [0.4, 0.5) is 11.4 Å². The van der Waals surface area contributed by atoms with E-state index < -0.39 is 55.4 Å². The first-order chi connectivity index (χ1) is 11.3. The van der Waals surface area contributed by atoms with E-state index in [1.54, 1.807) is 0 Å². The first kappa shape index (κ1) is 15.1. The minimum atomic E-state index is -1.45. The van der Waals surface area contributed by atoms with Crippen LogP contribution in [0.3, 0.4) is 0 Å². The highest BCUT2D eigenvalue weighted by molar-refractivity contribution is 6.31. The first-order valence-corrected chi connectivity index (χ1v) is 6.36. The molecule has 0 atom stereocenters. The Morgan fingerprint density at radius 3 is 1.67 bits per heavy atom. The molecule has 1 aliphatic rings. The smallest absolute Gasteiger partial charge is 0.391 e. The van der Waals surface area contributed by atoms with Crippen LogP contribution in [0.1, 0.15) is 31.8 Å². The van der Waals surface area contributed by atoms with Gasteiger partial charge >= 0.3 is 11.4 Å². The minimum Gasteiger partial charge on any atom is -0.504 e. The Kier molecular flexibility index (Phi) is 3.04. The molecular weight excluding hydrogens is 324 g/mol. The van der Waals surface area contributed by atoms with Crippen LogP contribution in [-0.4, -0.2) is 31.6 Å². The topological polar surface area (TPSA) is 161 Å². The Hall–Kier alpha value is -3.82. The number of phenols is 2. The van der Waals surface area contributed by atoms with Crippen molar-refractivity contribution in [3.8, 4) is 11.5 Å². The zero-order valence-corrected chi connectivity index (χ0v) is 11.5. The number of aromatic hydroxyl groups is 2. The maximum Gasteiger partial charge on any atom is 0.391 e. The molecule has 2 aromatic rings. The largest absolute Gasteiger partial charge is 0.504 e. The number of rotatable bonds is 2. The molecule has 0 aliphatic heterocycles. The van der Waals surface area contributed by atoms with Crippen molar-refractivity contribution in [2.24, 2.45) is 0 Å². The lowest BCUT2D eigenvalue weighted by atomic mass is 9.82. The van der Waals surface area contributed by atoms with Gasteiger partial charge in [-0.15, -0.1) is 0 Å². The van der Waals surface area contributed by atoms with Crippen molar-refractivity contribution in [2.75, 3.05) is 0 Å². The SMILES string of the molecule is O=C1c2ccccc2C(=O)c2c1c(O)c(O)c([N+](=O)[O-])c2[N+](=O)[O-]. The lowest BCUT2D eigenvalue weighted by Gasteiger charge is -2.18. The Labute approximate surface area is 131 Å². The highest BCUT2D eigenvalue weighted by Gasteiger charge is 2.46. The summed E-state index contributed by atoms with van der Waals surface area (Å²) in [5.41, 5.74) is -4.83. The van der Waals surface area contributed by atoms with E-state index in [9.17, 15) is 40.0 Å². The van der Waals surface area contributed by atoms with Crippen LogP contribution in [0.2, 0.25) is 0 Å². The van der Waals surface area contributed by atoms with Gasteiger partial charge in [-0.05, 0) is 0 Å². The summed E-state index contributed by atoms with van der Waals surface area (Å²) >= 11 is 0. The Morgan fingerprint density at radius 1 is 0.750 bits per heavy atom. The number of nitrogens with zero attached hydrogens (tertiary/aromatic N) is 2. The number of benzene rings is 2. The van der Waals surface area contributed by atoms with E-state index in [4.69, 9.17) is 0 Å². The molecule has 24 heavy (non-hydrogen) atoms. The number of nitro groups is 2. The summed E-state index contributed by atoms with van der Waals surface area (Å²) in [6.07, 6.45) is 0. The van der Waals surface area contributed by atoms with Crippen LogP contribution in [0.25, 0.3) is 0 Å². The standard InChI is InChI=1S/C14H6N2O8/c17-11-5-3-1-2-4-6(5)12(18)8-7(11)9(15(21)22)10(16(23)24)14(20)13(8)19/h1-4,19-20H. The molecule has 0 radical (unpaired) electrons. The molecule has 2 N–H and O–H groups in total. The molecule has 10 nitrogen and oxygen atoms in total. The van der Waals surface area contributed by atoms with E-state index in [2.05, 4.69) is 0 Å². The Morgan fingerprint density at radius 2 is 1.21 bits per heavy atom. The van der Waals surface area contributed by atoms with Gasteiger partial charge in [0.15, 0.2) is 11.5 Å². The van der Waals surface area contributed by atoms with E-state index in [0.29, 0.717) is 0 Å². The molecular formula is C14H6N2O8. The van der Waals surface area contributed by atoms with Gasteiger partial charge in [-0.25, -0.2) is 0 Å². The molecule has 10 heteroatoms. The number of nitro benzene ring substituents is 2. The third kappa shape index (κ3) is 1.76. The fraction of sp³-hybridized carbons (Fsp3) is 0. The van der Waals surface area contributed by atoms with Crippen LogP contribution in [0.5, 0.6) is 11.5 Å². The van der Waals surface area contributed by atoms with E-state index in [1.165, 1.54) is 24.3 Å². The van der Waals surface area contributed by atoms with Gasteiger partial charge in [-0.1, -0.05) is 24.3 Å². The summed E-state index contributed by atoms with van der Waals surface area (Å²) < 4.78 is 0. The molecule has 0 heterocycles. The summed E-state index contributed by atoms with van der Waals surface area (Å²) in [5.74, 6) is -4.66. The normalized spacial score (nSPS) is 12.5. The molecule has 1 aliphatic carbocycles. The molecule has 2 aromatic carbocycles. The van der Waals surface area contributed by atoms with Gasteiger partial charge in [-0.3, -0.25) is 29.8 Å². The molecule has 0 saturated carbocycles. The predicted molar refractivity (Wildman–Crippen MR) is 76.4 cm³/mol. The fourth-order valence-electron chi connectivity index (χ4n) is 2.64. The predicted octanol–water partition coefficient (Wildman–Crippen LogP) is 1.69. The quantitative estimate of drug-likeness (QED) is 0.407. The summed E-state index contributed by atoms with van der Waals surface area (Å²) in [5, 5.41) is 42.0. The van der Waals surface area contributed by atoms with Gasteiger partial charge in [0.2, 0.25) is 11.5 Å². The molecule has 0 amide bonds. The maximum atomic E-state index is 12.5. The van der Waals surface area contributed by atoms with Crippen molar-refractivity contribution in [2.45, 2.75) is 0 Å². The monoisotopic (exact) mass is 330 g/mol. The summed E-state index contributed by atoms with van der Waals surface area (Å²) in [7, 11) is 0. The van der Waals surface area contributed by atoms with E-state index in [-0.39, 0.29) is 11.1 Å². The number of fused-ring (bicyclic) bond motifs is 2. The molecule has 0 fully saturated rings. The highest BCUT2D eigenvalue weighted by atomic mass is 16.6. The Bertz CT molecular complexity index is 979. The van der Waals surface area contributed by atoms with E-state index in [0.717, 1.165) is 0 Å². The van der Waals surface area contributed by atoms with Crippen molar-refractivity contribution >= 4 is 22.9 Å². The number of carbonyl (C=O) groups excluding carboxylic acids is 2. The van der Waals surface area contributed by atoms with Crippen LogP contribution >= 0.6 is 0 Å². The number of hydrogen-bond donors (Lipinski definition) is 2. The van der Waals surface area contributed by atoms with Crippen LogP contribution in [-0.2, 0) is 0 Å². The number of phenolic OH excluding ortho intramolecular Hbond substituents is 2. The third-order valence-corrected chi connectivity index (χ3v) is 3.63. The number of hydrogen-bond acceptors (Lipinski definition) is 8. The Balaban J connectivity index is 2.54. The molecule has 120 valence electrons. The van der Waals surface area contributed by atoms with Gasteiger partial charge in [0.1, 0.15) is 5.56 Å². The lowest BCUT2D eigenvalue weighted by Crippen LogP contribution is -2.23. The average molecular weight is 330 g/mol. The van der Waals surface area contributed by atoms with Crippen LogP contribution in [0.15, 0.2) is 24.3 Å². The zero-order valence-electron chi connectivity index (χ0n) is 11.5. The van der Waals surface area contributed by atoms with Crippen molar-refractivity contribution < 1.29 is 29.6 Å². The second-order valence-corrected chi connectivity index (χ2v) is 4.86. The fourth-order valence-corrected chi connectivity index (χ4v) is 2.64. The van der Waals surface area contributed by atoms with Crippen molar-refractivity contribution in [1.82, 2.24) is 0 Å². The summed E-state index contributed by atoms with van der Waals surface area (Å²) in [6, 6.07) is 5.35. The molecule has 0 saturated heterocycles. The van der Waals surface area contributed by atoms with Crippen molar-refractivity contribution in [3.63, 3.8) is 0 Å². The lowest BCUT2D eigenvalue weighted by molar-refractivity contribution is -0.423. The van der Waals surface area contributed by atoms with Gasteiger partial charge in [0.05, 0.1) is 15.4 Å². The molecule has 0 spiro atoms. The zero-order chi connectivity index (χ0) is 17.8. The maximum absolute atomic E-state index is 12.5. The van der Waals surface area contributed by atoms with Crippen LogP contribution < -0.4 is 0 Å². The van der Waals surface area contributed by atoms with E-state index >= 15 is 0 Å².